The lowest BCUT2D eigenvalue weighted by atomic mass is 10.1. The standard InChI is InChI=1S/C24H22N4O2S2/c1-13-5-7-15(3)17(9-13)21(29)27-23-25-19(11-31-23)20-12-32-24(26-20)28-22(30)18-10-14(2)6-8-16(18)4/h5-12H,1-4H3,(H,25,27,29)(H,26,28,30). The predicted octanol–water partition coefficient (Wildman–Crippen LogP) is 6.00. The molecular formula is C24H22N4O2S2. The molecule has 2 heterocycles. The summed E-state index contributed by atoms with van der Waals surface area (Å²) in [5.74, 6) is -0.376. The molecule has 0 aliphatic heterocycles. The van der Waals surface area contributed by atoms with Gasteiger partial charge in [-0.1, -0.05) is 35.4 Å². The van der Waals surface area contributed by atoms with Crippen LogP contribution >= 0.6 is 22.7 Å². The number of benzene rings is 2. The van der Waals surface area contributed by atoms with Gasteiger partial charge in [-0.15, -0.1) is 22.7 Å². The van der Waals surface area contributed by atoms with Crippen molar-refractivity contribution in [3.63, 3.8) is 0 Å². The summed E-state index contributed by atoms with van der Waals surface area (Å²) in [5.41, 5.74) is 6.43. The van der Waals surface area contributed by atoms with E-state index in [9.17, 15) is 9.59 Å². The van der Waals surface area contributed by atoms with E-state index < -0.39 is 0 Å². The van der Waals surface area contributed by atoms with Crippen LogP contribution in [-0.2, 0) is 0 Å². The molecule has 0 bridgehead atoms. The van der Waals surface area contributed by atoms with Gasteiger partial charge >= 0.3 is 0 Å². The molecule has 2 amide bonds. The van der Waals surface area contributed by atoms with Gasteiger partial charge in [-0.25, -0.2) is 9.97 Å². The zero-order chi connectivity index (χ0) is 22.8. The summed E-state index contributed by atoms with van der Waals surface area (Å²) in [7, 11) is 0. The molecule has 8 heteroatoms. The van der Waals surface area contributed by atoms with Gasteiger partial charge in [-0.05, 0) is 51.0 Å². The third-order valence-electron chi connectivity index (χ3n) is 4.99. The molecule has 2 aromatic carbocycles. The summed E-state index contributed by atoms with van der Waals surface area (Å²) in [5, 5.41) is 10.4. The predicted molar refractivity (Wildman–Crippen MR) is 131 cm³/mol. The maximum atomic E-state index is 12.6. The first-order valence-electron chi connectivity index (χ1n) is 9.99. The molecule has 0 unspecified atom stereocenters. The van der Waals surface area contributed by atoms with E-state index in [1.807, 2.05) is 74.9 Å². The number of amides is 2. The summed E-state index contributed by atoms with van der Waals surface area (Å²) < 4.78 is 0. The minimum Gasteiger partial charge on any atom is -0.298 e. The van der Waals surface area contributed by atoms with Crippen LogP contribution < -0.4 is 10.6 Å². The summed E-state index contributed by atoms with van der Waals surface area (Å²) in [6.07, 6.45) is 0. The zero-order valence-electron chi connectivity index (χ0n) is 18.1. The molecule has 0 aliphatic carbocycles. The van der Waals surface area contributed by atoms with Crippen LogP contribution in [0.1, 0.15) is 43.0 Å². The van der Waals surface area contributed by atoms with Crippen molar-refractivity contribution in [1.29, 1.82) is 0 Å². The molecule has 0 saturated carbocycles. The number of nitrogens with zero attached hydrogens (tertiary/aromatic N) is 2. The Bertz CT molecular complexity index is 1220. The van der Waals surface area contributed by atoms with Gasteiger partial charge in [-0.2, -0.15) is 0 Å². The molecule has 0 atom stereocenters. The Morgan fingerprint density at radius 1 is 0.688 bits per heavy atom. The lowest BCUT2D eigenvalue weighted by molar-refractivity contribution is 0.101. The number of hydrogen-bond acceptors (Lipinski definition) is 6. The first-order chi connectivity index (χ1) is 15.3. The molecule has 0 fully saturated rings. The van der Waals surface area contributed by atoms with Crippen molar-refractivity contribution in [3.8, 4) is 11.4 Å². The smallest absolute Gasteiger partial charge is 0.257 e. The number of hydrogen-bond donors (Lipinski definition) is 2. The third-order valence-corrected chi connectivity index (χ3v) is 6.50. The van der Waals surface area contributed by atoms with Gasteiger partial charge < -0.3 is 0 Å². The highest BCUT2D eigenvalue weighted by Crippen LogP contribution is 2.29. The second-order valence-corrected chi connectivity index (χ2v) is 9.34. The van der Waals surface area contributed by atoms with Crippen molar-refractivity contribution >= 4 is 44.8 Å². The number of carbonyl (C=O) groups is 2. The molecule has 32 heavy (non-hydrogen) atoms. The van der Waals surface area contributed by atoms with E-state index in [4.69, 9.17) is 0 Å². The minimum absolute atomic E-state index is 0.188. The number of aromatic nitrogens is 2. The van der Waals surface area contributed by atoms with E-state index >= 15 is 0 Å². The van der Waals surface area contributed by atoms with Gasteiger partial charge in [0.25, 0.3) is 11.8 Å². The molecule has 162 valence electrons. The number of rotatable bonds is 5. The van der Waals surface area contributed by atoms with Gasteiger partial charge in [-0.3, -0.25) is 20.2 Å². The van der Waals surface area contributed by atoms with E-state index in [-0.39, 0.29) is 11.8 Å². The number of nitrogens with one attached hydrogen (secondary N) is 2. The molecule has 0 saturated heterocycles. The number of carbonyl (C=O) groups excluding carboxylic acids is 2. The molecule has 0 aliphatic rings. The highest BCUT2D eigenvalue weighted by molar-refractivity contribution is 7.15. The fourth-order valence-electron chi connectivity index (χ4n) is 3.19. The van der Waals surface area contributed by atoms with E-state index in [0.717, 1.165) is 22.3 Å². The van der Waals surface area contributed by atoms with Crippen LogP contribution in [0, 0.1) is 27.7 Å². The summed E-state index contributed by atoms with van der Waals surface area (Å²) in [6, 6.07) is 11.6. The van der Waals surface area contributed by atoms with Gasteiger partial charge in [0.15, 0.2) is 10.3 Å². The van der Waals surface area contributed by atoms with Gasteiger partial charge in [0.05, 0.1) is 0 Å². The van der Waals surface area contributed by atoms with Crippen LogP contribution in [-0.4, -0.2) is 21.8 Å². The maximum absolute atomic E-state index is 12.6. The minimum atomic E-state index is -0.188. The molecular weight excluding hydrogens is 440 g/mol. The van der Waals surface area contributed by atoms with Crippen molar-refractivity contribution in [2.24, 2.45) is 0 Å². The topological polar surface area (TPSA) is 84.0 Å². The molecule has 6 nitrogen and oxygen atoms in total. The lowest BCUT2D eigenvalue weighted by Gasteiger charge is -2.06. The van der Waals surface area contributed by atoms with Crippen molar-refractivity contribution < 1.29 is 9.59 Å². The summed E-state index contributed by atoms with van der Waals surface area (Å²) in [4.78, 5) is 34.3. The molecule has 0 spiro atoms. The van der Waals surface area contributed by atoms with Crippen molar-refractivity contribution in [1.82, 2.24) is 9.97 Å². The first-order valence-corrected chi connectivity index (χ1v) is 11.7. The van der Waals surface area contributed by atoms with Crippen LogP contribution in [0.2, 0.25) is 0 Å². The monoisotopic (exact) mass is 462 g/mol. The summed E-state index contributed by atoms with van der Waals surface area (Å²) >= 11 is 2.67. The highest BCUT2D eigenvalue weighted by atomic mass is 32.1. The Hall–Kier alpha value is -3.36. The van der Waals surface area contributed by atoms with Crippen molar-refractivity contribution in [2.75, 3.05) is 10.6 Å². The Morgan fingerprint density at radius 3 is 1.50 bits per heavy atom. The molecule has 2 aromatic heterocycles. The third kappa shape index (κ3) is 4.76. The largest absolute Gasteiger partial charge is 0.298 e. The Labute approximate surface area is 194 Å². The fraction of sp³-hybridized carbons (Fsp3) is 0.167. The maximum Gasteiger partial charge on any atom is 0.257 e. The molecule has 4 rings (SSSR count). The highest BCUT2D eigenvalue weighted by Gasteiger charge is 2.15. The van der Waals surface area contributed by atoms with E-state index in [1.54, 1.807) is 0 Å². The van der Waals surface area contributed by atoms with Gasteiger partial charge in [0, 0.05) is 21.9 Å². The Balaban J connectivity index is 1.46. The average molecular weight is 463 g/mol. The zero-order valence-corrected chi connectivity index (χ0v) is 19.8. The number of thiazole rings is 2. The Morgan fingerprint density at radius 2 is 1.09 bits per heavy atom. The fourth-order valence-corrected chi connectivity index (χ4v) is 4.59. The normalized spacial score (nSPS) is 10.8. The SMILES string of the molecule is Cc1ccc(C)c(C(=O)Nc2nc(-c3csc(NC(=O)c4cc(C)ccc4C)n3)cs2)c1. The van der Waals surface area contributed by atoms with Crippen LogP contribution in [0.5, 0.6) is 0 Å². The quantitative estimate of drug-likeness (QED) is 0.381. The van der Waals surface area contributed by atoms with Crippen LogP contribution in [0.3, 0.4) is 0 Å². The van der Waals surface area contributed by atoms with E-state index in [1.165, 1.54) is 22.7 Å². The second kappa shape index (κ2) is 9.02. The number of aryl methyl sites for hydroxylation is 4. The average Bonchev–Trinajstić information content (AvgIpc) is 3.41. The first kappa shape index (κ1) is 21.9. The lowest BCUT2D eigenvalue weighted by Crippen LogP contribution is -2.13. The number of anilines is 2. The van der Waals surface area contributed by atoms with Crippen molar-refractivity contribution in [2.45, 2.75) is 27.7 Å². The van der Waals surface area contributed by atoms with Crippen LogP contribution in [0.4, 0.5) is 10.3 Å². The van der Waals surface area contributed by atoms with E-state index in [2.05, 4.69) is 20.6 Å². The Kier molecular flexibility index (Phi) is 6.16. The van der Waals surface area contributed by atoms with Crippen LogP contribution in [0.25, 0.3) is 11.4 Å². The van der Waals surface area contributed by atoms with Crippen LogP contribution in [0.15, 0.2) is 47.2 Å². The molecule has 0 radical (unpaired) electrons. The molecule has 4 aromatic rings. The molecule has 2 N–H and O–H groups in total. The second-order valence-electron chi connectivity index (χ2n) is 7.62. The van der Waals surface area contributed by atoms with E-state index in [0.29, 0.717) is 32.8 Å². The van der Waals surface area contributed by atoms with Gasteiger partial charge in [0.1, 0.15) is 11.4 Å². The van der Waals surface area contributed by atoms with Crippen molar-refractivity contribution in [3.05, 3.63) is 80.5 Å². The van der Waals surface area contributed by atoms with Gasteiger partial charge in [0.2, 0.25) is 0 Å². The summed E-state index contributed by atoms with van der Waals surface area (Å²) in [6.45, 7) is 7.73.